The van der Waals surface area contributed by atoms with Crippen LogP contribution in [0.1, 0.15) is 12.8 Å². The molecule has 2 aromatic rings. The Kier molecular flexibility index (Phi) is 2.44. The van der Waals surface area contributed by atoms with Crippen molar-refractivity contribution in [2.75, 3.05) is 11.9 Å². The van der Waals surface area contributed by atoms with Gasteiger partial charge in [0.05, 0.1) is 11.6 Å². The van der Waals surface area contributed by atoms with E-state index in [9.17, 15) is 4.79 Å². The lowest BCUT2D eigenvalue weighted by Gasteiger charge is -2.23. The molecule has 1 aliphatic heterocycles. The van der Waals surface area contributed by atoms with Crippen molar-refractivity contribution in [2.24, 2.45) is 0 Å². The van der Waals surface area contributed by atoms with Crippen LogP contribution in [-0.2, 0) is 4.79 Å². The lowest BCUT2D eigenvalue weighted by molar-refractivity contribution is -0.123. The van der Waals surface area contributed by atoms with Crippen LogP contribution in [0.15, 0.2) is 29.0 Å². The van der Waals surface area contributed by atoms with E-state index in [0.717, 1.165) is 30.4 Å². The number of nitrogens with zero attached hydrogens (tertiary/aromatic N) is 1. The first-order chi connectivity index (χ1) is 8.34. The quantitative estimate of drug-likeness (QED) is 0.822. The molecule has 1 atom stereocenters. The van der Waals surface area contributed by atoms with Gasteiger partial charge in [0.15, 0.2) is 0 Å². The van der Waals surface area contributed by atoms with E-state index in [4.69, 9.17) is 4.42 Å². The average Bonchev–Trinajstić information content (AvgIpc) is 2.81. The van der Waals surface area contributed by atoms with Crippen LogP contribution in [0.4, 0.5) is 5.82 Å². The number of amides is 1. The van der Waals surface area contributed by atoms with Crippen molar-refractivity contribution in [2.45, 2.75) is 18.9 Å². The van der Waals surface area contributed by atoms with Gasteiger partial charge in [-0.05, 0) is 25.0 Å². The highest BCUT2D eigenvalue weighted by atomic mass is 16.3. The molecule has 0 radical (unpaired) electrons. The van der Waals surface area contributed by atoms with E-state index in [1.165, 1.54) is 0 Å². The molecule has 0 bridgehead atoms. The Bertz CT molecular complexity index is 549. The highest BCUT2D eigenvalue weighted by Crippen LogP contribution is 2.23. The molecule has 2 aromatic heterocycles. The number of carbonyl (C=O) groups is 1. The van der Waals surface area contributed by atoms with Crippen LogP contribution in [-0.4, -0.2) is 23.5 Å². The van der Waals surface area contributed by atoms with Crippen LogP contribution in [0, 0.1) is 0 Å². The minimum absolute atomic E-state index is 0.0403. The van der Waals surface area contributed by atoms with Gasteiger partial charge in [0.1, 0.15) is 17.4 Å². The maximum Gasteiger partial charge on any atom is 0.242 e. The van der Waals surface area contributed by atoms with Crippen LogP contribution in [0.3, 0.4) is 0 Å². The zero-order valence-electron chi connectivity index (χ0n) is 9.27. The molecule has 1 aliphatic rings. The van der Waals surface area contributed by atoms with Gasteiger partial charge in [-0.15, -0.1) is 0 Å². The second-order valence-electron chi connectivity index (χ2n) is 4.12. The van der Waals surface area contributed by atoms with Crippen molar-refractivity contribution in [1.29, 1.82) is 0 Å². The normalized spacial score (nSPS) is 20.2. The summed E-state index contributed by atoms with van der Waals surface area (Å²) in [6, 6.07) is 3.46. The Morgan fingerprint density at radius 1 is 1.47 bits per heavy atom. The van der Waals surface area contributed by atoms with Crippen molar-refractivity contribution in [3.63, 3.8) is 0 Å². The van der Waals surface area contributed by atoms with E-state index in [-0.39, 0.29) is 11.9 Å². The maximum atomic E-state index is 11.6. The Hall–Kier alpha value is -2.04. The third kappa shape index (κ3) is 1.84. The highest BCUT2D eigenvalue weighted by Gasteiger charge is 2.22. The van der Waals surface area contributed by atoms with E-state index in [0.29, 0.717) is 5.82 Å². The highest BCUT2D eigenvalue weighted by molar-refractivity contribution is 5.91. The summed E-state index contributed by atoms with van der Waals surface area (Å²) < 4.78 is 5.29. The van der Waals surface area contributed by atoms with Gasteiger partial charge in [0.25, 0.3) is 0 Å². The van der Waals surface area contributed by atoms with Crippen molar-refractivity contribution in [1.82, 2.24) is 10.3 Å². The minimum Gasteiger partial charge on any atom is -0.464 e. The fourth-order valence-electron chi connectivity index (χ4n) is 2.08. The van der Waals surface area contributed by atoms with Gasteiger partial charge in [0.2, 0.25) is 5.91 Å². The van der Waals surface area contributed by atoms with E-state index in [1.807, 2.05) is 6.07 Å². The summed E-state index contributed by atoms with van der Waals surface area (Å²) >= 11 is 0. The smallest absolute Gasteiger partial charge is 0.242 e. The molecule has 88 valence electrons. The third-order valence-electron chi connectivity index (χ3n) is 2.98. The van der Waals surface area contributed by atoms with Crippen molar-refractivity contribution in [3.8, 4) is 0 Å². The number of fused-ring (bicyclic) bond motifs is 1. The molecule has 0 saturated carbocycles. The zero-order chi connectivity index (χ0) is 11.7. The Morgan fingerprint density at radius 2 is 2.41 bits per heavy atom. The molecule has 1 unspecified atom stereocenters. The number of piperidine rings is 1. The lowest BCUT2D eigenvalue weighted by Crippen LogP contribution is -2.44. The van der Waals surface area contributed by atoms with Gasteiger partial charge in [0, 0.05) is 12.7 Å². The Balaban J connectivity index is 1.89. The second kappa shape index (κ2) is 4.08. The Labute approximate surface area is 98.2 Å². The predicted molar refractivity (Wildman–Crippen MR) is 63.7 cm³/mol. The molecule has 2 N–H and O–H groups in total. The van der Waals surface area contributed by atoms with Gasteiger partial charge in [-0.3, -0.25) is 4.79 Å². The van der Waals surface area contributed by atoms with Gasteiger partial charge in [-0.1, -0.05) is 0 Å². The number of nitrogens with one attached hydrogen (secondary N) is 2. The third-order valence-corrected chi connectivity index (χ3v) is 2.98. The molecule has 3 rings (SSSR count). The monoisotopic (exact) mass is 231 g/mol. The summed E-state index contributed by atoms with van der Waals surface area (Å²) in [5.74, 6) is 0.747. The van der Waals surface area contributed by atoms with Gasteiger partial charge < -0.3 is 15.1 Å². The van der Waals surface area contributed by atoms with E-state index >= 15 is 0 Å². The minimum atomic E-state index is -0.197. The zero-order valence-corrected chi connectivity index (χ0v) is 9.27. The molecule has 0 spiro atoms. The molecule has 17 heavy (non-hydrogen) atoms. The van der Waals surface area contributed by atoms with E-state index in [1.54, 1.807) is 18.5 Å². The number of carbonyl (C=O) groups excluding carboxylic acids is 1. The molecule has 0 aromatic carbocycles. The molecule has 1 fully saturated rings. The van der Waals surface area contributed by atoms with Crippen molar-refractivity contribution in [3.05, 3.63) is 24.6 Å². The fraction of sp³-hybridized carbons (Fsp3) is 0.333. The summed E-state index contributed by atoms with van der Waals surface area (Å²) in [6.45, 7) is 0.764. The first-order valence-corrected chi connectivity index (χ1v) is 5.71. The first-order valence-electron chi connectivity index (χ1n) is 5.71. The van der Waals surface area contributed by atoms with E-state index in [2.05, 4.69) is 15.6 Å². The van der Waals surface area contributed by atoms with Crippen LogP contribution in [0.25, 0.3) is 11.0 Å². The van der Waals surface area contributed by atoms with Crippen LogP contribution in [0.5, 0.6) is 0 Å². The van der Waals surface area contributed by atoms with Crippen LogP contribution in [0.2, 0.25) is 0 Å². The molecular weight excluding hydrogens is 218 g/mol. The SMILES string of the molecule is O=C1NCCCC1Nc1nccc2occc12. The van der Waals surface area contributed by atoms with Crippen LogP contribution < -0.4 is 10.6 Å². The van der Waals surface area contributed by atoms with Gasteiger partial charge in [-0.25, -0.2) is 4.98 Å². The number of hydrogen-bond acceptors (Lipinski definition) is 4. The number of furan rings is 1. The largest absolute Gasteiger partial charge is 0.464 e. The van der Waals surface area contributed by atoms with Crippen LogP contribution >= 0.6 is 0 Å². The Morgan fingerprint density at radius 3 is 3.29 bits per heavy atom. The molecule has 5 nitrogen and oxygen atoms in total. The topological polar surface area (TPSA) is 67.2 Å². The number of hydrogen-bond donors (Lipinski definition) is 2. The summed E-state index contributed by atoms with van der Waals surface area (Å²) in [4.78, 5) is 15.9. The standard InChI is InChI=1S/C12H13N3O2/c16-12-9(2-1-5-14-12)15-11-8-4-7-17-10(8)3-6-13-11/h3-4,6-7,9H,1-2,5H2,(H,13,15)(H,14,16). The lowest BCUT2D eigenvalue weighted by atomic mass is 10.1. The average molecular weight is 231 g/mol. The van der Waals surface area contributed by atoms with Crippen molar-refractivity contribution >= 4 is 22.7 Å². The maximum absolute atomic E-state index is 11.6. The summed E-state index contributed by atoms with van der Waals surface area (Å²) in [7, 11) is 0. The van der Waals surface area contributed by atoms with E-state index < -0.39 is 0 Å². The van der Waals surface area contributed by atoms with Gasteiger partial charge >= 0.3 is 0 Å². The molecule has 1 amide bonds. The summed E-state index contributed by atoms with van der Waals surface area (Å²) in [6.07, 6.45) is 5.12. The predicted octanol–water partition coefficient (Wildman–Crippen LogP) is 1.52. The first kappa shape index (κ1) is 10.1. The number of aromatic nitrogens is 1. The molecule has 3 heterocycles. The van der Waals surface area contributed by atoms with Crippen molar-refractivity contribution < 1.29 is 9.21 Å². The molecule has 1 saturated heterocycles. The number of pyridine rings is 1. The molecule has 0 aliphatic carbocycles. The summed E-state index contributed by atoms with van der Waals surface area (Å²) in [5.41, 5.74) is 0.777. The van der Waals surface area contributed by atoms with Gasteiger partial charge in [-0.2, -0.15) is 0 Å². The summed E-state index contributed by atoms with van der Waals surface area (Å²) in [5, 5.41) is 6.93. The number of rotatable bonds is 2. The molecule has 5 heteroatoms. The second-order valence-corrected chi connectivity index (χ2v) is 4.12. The molecular formula is C12H13N3O2. The fourth-order valence-corrected chi connectivity index (χ4v) is 2.08. The number of anilines is 1.